The van der Waals surface area contributed by atoms with E-state index in [0.717, 1.165) is 12.8 Å². The van der Waals surface area contributed by atoms with E-state index in [9.17, 15) is 4.79 Å². The molecule has 1 fully saturated rings. The first-order valence-corrected chi connectivity index (χ1v) is 18.6. The molecule has 0 saturated carbocycles. The van der Waals surface area contributed by atoms with Gasteiger partial charge in [0.05, 0.1) is 6.33 Å². The first-order chi connectivity index (χ1) is 19.5. The molecule has 1 aliphatic heterocycles. The second kappa shape index (κ2) is 18.2. The van der Waals surface area contributed by atoms with Crippen molar-refractivity contribution in [3.8, 4) is 0 Å². The summed E-state index contributed by atoms with van der Waals surface area (Å²) < 4.78 is 20.0. The van der Waals surface area contributed by atoms with Crippen LogP contribution in [0.15, 0.2) is 12.7 Å². The third kappa shape index (κ3) is 10.2. The molecule has 1 aliphatic rings. The minimum Gasteiger partial charge on any atom is -0.382 e. The number of nitrogens with zero attached hydrogens (tertiary/aromatic N) is 4. The van der Waals surface area contributed by atoms with E-state index >= 15 is 0 Å². The Labute approximate surface area is 246 Å². The first-order valence-electron chi connectivity index (χ1n) is 14.7. The fourth-order valence-corrected chi connectivity index (χ4v) is 6.47. The summed E-state index contributed by atoms with van der Waals surface area (Å²) in [6, 6.07) is 0. The maximum absolute atomic E-state index is 12.6. The van der Waals surface area contributed by atoms with Crippen LogP contribution < -0.4 is 11.1 Å². The molecule has 0 aromatic carbocycles. The highest BCUT2D eigenvalue weighted by atomic mass is 32.6. The molecule has 13 heteroatoms. The summed E-state index contributed by atoms with van der Waals surface area (Å²) in [5.41, 5.74) is 6.99. The summed E-state index contributed by atoms with van der Waals surface area (Å²) in [4.78, 5) is 25.3. The zero-order valence-electron chi connectivity index (χ0n) is 24.0. The van der Waals surface area contributed by atoms with Crippen molar-refractivity contribution in [1.82, 2.24) is 24.8 Å². The van der Waals surface area contributed by atoms with Crippen molar-refractivity contribution in [2.24, 2.45) is 0 Å². The predicted octanol–water partition coefficient (Wildman–Crippen LogP) is 5.95. The van der Waals surface area contributed by atoms with Crippen LogP contribution in [0.4, 0.5) is 5.82 Å². The van der Waals surface area contributed by atoms with Crippen molar-refractivity contribution in [3.63, 3.8) is 0 Å². The molecule has 0 spiro atoms. The number of rotatable bonds is 20. The van der Waals surface area contributed by atoms with Crippen LogP contribution in [0.1, 0.15) is 103 Å². The molecule has 224 valence electrons. The number of aromatic nitrogens is 4. The number of fused-ring (bicyclic) bond motifs is 1. The molecule has 0 radical (unpaired) electrons. The average molecular weight is 614 g/mol. The van der Waals surface area contributed by atoms with Gasteiger partial charge in [0.2, 0.25) is 5.91 Å². The van der Waals surface area contributed by atoms with Gasteiger partial charge in [-0.05, 0) is 6.42 Å². The molecule has 40 heavy (non-hydrogen) atoms. The zero-order valence-corrected chi connectivity index (χ0v) is 26.9. The Hall–Kier alpha value is -1.35. The van der Waals surface area contributed by atoms with Gasteiger partial charge in [-0.1, -0.05) is 84.0 Å². The fraction of sp³-hybridized carbons (Fsp3) is 0.778. The van der Waals surface area contributed by atoms with E-state index in [2.05, 4.69) is 36.1 Å². The molecular formula is C27H47N6O4P2S+. The van der Waals surface area contributed by atoms with Crippen molar-refractivity contribution in [2.45, 2.75) is 121 Å². The largest absolute Gasteiger partial charge is 0.382 e. The van der Waals surface area contributed by atoms with Crippen LogP contribution in [0.5, 0.6) is 0 Å². The summed E-state index contributed by atoms with van der Waals surface area (Å²) >= 11 is 5.33. The van der Waals surface area contributed by atoms with Gasteiger partial charge >= 0.3 is 6.61 Å². The maximum Gasteiger partial charge on any atom is 0.348 e. The van der Waals surface area contributed by atoms with E-state index in [1.165, 1.54) is 77.0 Å². The van der Waals surface area contributed by atoms with Gasteiger partial charge in [0.1, 0.15) is 33.0 Å². The highest BCUT2D eigenvalue weighted by molar-refractivity contribution is 8.31. The number of nitrogens with one attached hydrogen (secondary N) is 1. The van der Waals surface area contributed by atoms with E-state index in [1.807, 2.05) is 0 Å². The number of hydrogen-bond donors (Lipinski definition) is 2. The molecule has 2 aromatic heterocycles. The number of nitrogens with two attached hydrogens (primary N) is 1. The fourth-order valence-electron chi connectivity index (χ4n) is 5.26. The van der Waals surface area contributed by atoms with Crippen LogP contribution >= 0.6 is 15.5 Å². The van der Waals surface area contributed by atoms with Crippen LogP contribution in [0.25, 0.3) is 11.2 Å². The summed E-state index contributed by atoms with van der Waals surface area (Å²) in [5, 5.41) is 3.02. The Morgan fingerprint density at radius 3 is 2.27 bits per heavy atom. The summed E-state index contributed by atoms with van der Waals surface area (Å²) in [5.74, 6) is 0.308. The number of amides is 1. The zero-order chi connectivity index (χ0) is 28.7. The molecule has 6 unspecified atom stereocenters. The molecule has 1 saturated heterocycles. The number of imidazole rings is 1. The third-order valence-corrected chi connectivity index (χ3v) is 8.53. The molecule has 0 bridgehead atoms. The van der Waals surface area contributed by atoms with E-state index < -0.39 is 31.2 Å². The van der Waals surface area contributed by atoms with Gasteiger partial charge in [-0.3, -0.25) is 9.36 Å². The molecule has 1 amide bonds. The lowest BCUT2D eigenvalue weighted by molar-refractivity contribution is -0.122. The average Bonchev–Trinajstić information content (AvgIpc) is 3.51. The van der Waals surface area contributed by atoms with Gasteiger partial charge in [0, 0.05) is 20.1 Å². The van der Waals surface area contributed by atoms with E-state index in [4.69, 9.17) is 31.5 Å². The van der Waals surface area contributed by atoms with Crippen LogP contribution in [-0.2, 0) is 30.6 Å². The standard InChI is InChI=1S/C27H46N6O4P2S/c1-3-4-5-6-7-8-9-10-11-12-13-14-15-16-21(34)29-17-20-23(37-39(38)40)24(35-2)27(36-20)33-19-32-22-25(28)30-18-31-26(22)33/h18-20,23-24,27H,3-17,38H2,1-2H3,(H2-,28,29,30,31,34)/p+1. The Bertz CT molecular complexity index is 1060. The van der Waals surface area contributed by atoms with Gasteiger partial charge in [-0.2, -0.15) is 4.52 Å². The molecular weight excluding hydrogens is 566 g/mol. The van der Waals surface area contributed by atoms with Gasteiger partial charge in [-0.15, -0.1) is 0 Å². The molecule has 3 heterocycles. The van der Waals surface area contributed by atoms with Crippen molar-refractivity contribution < 1.29 is 18.8 Å². The lowest BCUT2D eigenvalue weighted by atomic mass is 10.0. The minimum atomic E-state index is -1.18. The smallest absolute Gasteiger partial charge is 0.348 e. The lowest BCUT2D eigenvalue weighted by Crippen LogP contribution is -2.41. The van der Waals surface area contributed by atoms with Gasteiger partial charge in [0.15, 0.2) is 35.6 Å². The number of unbranched alkanes of at least 4 members (excludes halogenated alkanes) is 12. The minimum absolute atomic E-state index is 0.0166. The Morgan fingerprint density at radius 1 is 1.05 bits per heavy atom. The van der Waals surface area contributed by atoms with E-state index in [-0.39, 0.29) is 5.91 Å². The Morgan fingerprint density at radius 2 is 1.68 bits per heavy atom. The first kappa shape index (κ1) is 33.2. The SMILES string of the molecule is CCCCCCCCCCCCCCCC(=O)NCC1OC(n2cnc3c(N)ncnc32)C(OC)C1O[P+](P)=S. The summed E-state index contributed by atoms with van der Waals surface area (Å²) in [6.45, 7) is 1.38. The quantitative estimate of drug-likeness (QED) is 0.138. The summed E-state index contributed by atoms with van der Waals surface area (Å²) in [6.07, 6.45) is 18.2. The van der Waals surface area contributed by atoms with E-state index in [0.29, 0.717) is 29.9 Å². The number of carbonyl (C=O) groups excluding carboxylic acids is 1. The number of nitrogen functional groups attached to an aromatic ring is 1. The van der Waals surface area contributed by atoms with Gasteiger partial charge < -0.3 is 20.5 Å². The number of anilines is 1. The van der Waals surface area contributed by atoms with Crippen molar-refractivity contribution in [2.75, 3.05) is 19.4 Å². The van der Waals surface area contributed by atoms with Crippen LogP contribution in [0.2, 0.25) is 0 Å². The second-order valence-corrected chi connectivity index (χ2v) is 14.9. The molecule has 6 atom stereocenters. The number of hydrogen-bond acceptors (Lipinski definition) is 9. The molecule has 3 rings (SSSR count). The predicted molar refractivity (Wildman–Crippen MR) is 167 cm³/mol. The van der Waals surface area contributed by atoms with Crippen molar-refractivity contribution in [3.05, 3.63) is 12.7 Å². The highest BCUT2D eigenvalue weighted by Gasteiger charge is 2.50. The monoisotopic (exact) mass is 613 g/mol. The number of ether oxygens (including phenoxy) is 2. The van der Waals surface area contributed by atoms with Crippen molar-refractivity contribution in [1.29, 1.82) is 0 Å². The van der Waals surface area contributed by atoms with Crippen molar-refractivity contribution >= 4 is 50.2 Å². The third-order valence-electron chi connectivity index (χ3n) is 7.45. The molecule has 2 aromatic rings. The lowest BCUT2D eigenvalue weighted by Gasteiger charge is -2.20. The molecule has 3 N–H and O–H groups in total. The van der Waals surface area contributed by atoms with E-state index in [1.54, 1.807) is 18.0 Å². The van der Waals surface area contributed by atoms with Gasteiger partial charge in [0.25, 0.3) is 0 Å². The summed E-state index contributed by atoms with van der Waals surface area (Å²) in [7, 11) is 4.12. The normalized spacial score (nSPS) is 21.2. The van der Waals surface area contributed by atoms with Crippen LogP contribution in [-0.4, -0.2) is 57.4 Å². The molecule has 0 aliphatic carbocycles. The Kier molecular flexibility index (Phi) is 15.1. The Balaban J connectivity index is 1.39. The van der Waals surface area contributed by atoms with Gasteiger partial charge in [-0.25, -0.2) is 15.0 Å². The topological polar surface area (TPSA) is 126 Å². The van der Waals surface area contributed by atoms with Crippen LogP contribution in [0, 0.1) is 0 Å². The second-order valence-electron chi connectivity index (χ2n) is 10.5. The van der Waals surface area contributed by atoms with Crippen LogP contribution in [0.3, 0.4) is 0 Å². The maximum atomic E-state index is 12.6. The number of carbonyl (C=O) groups is 1. The highest BCUT2D eigenvalue weighted by Crippen LogP contribution is 2.42. The molecule has 10 nitrogen and oxygen atoms in total. The number of methoxy groups -OCH3 is 1.